The number of carbonyl (C=O) groups excluding carboxylic acids is 2. The lowest BCUT2D eigenvalue weighted by Crippen LogP contribution is -2.52. The lowest BCUT2D eigenvalue weighted by atomic mass is 9.94. The van der Waals surface area contributed by atoms with Crippen molar-refractivity contribution in [2.45, 2.75) is 70.0 Å². The first-order valence-corrected chi connectivity index (χ1v) is 20.9. The Morgan fingerprint density at radius 2 is 1.80 bits per heavy atom. The minimum absolute atomic E-state index is 0.0549. The molecule has 5 aromatic rings. The Morgan fingerprint density at radius 3 is 2.56 bits per heavy atom. The first-order chi connectivity index (χ1) is 29.5. The summed E-state index contributed by atoms with van der Waals surface area (Å²) in [6.45, 7) is 2.38. The molecule has 0 saturated carbocycles. The van der Waals surface area contributed by atoms with Crippen molar-refractivity contribution in [2.75, 3.05) is 27.4 Å². The number of aliphatic hydroxyl groups excluding tert-OH is 1. The van der Waals surface area contributed by atoms with Crippen LogP contribution in [0.15, 0.2) is 77.5 Å². The summed E-state index contributed by atoms with van der Waals surface area (Å²) in [7, 11) is 2.85. The molecule has 4 N–H and O–H groups in total. The quantitative estimate of drug-likeness (QED) is 0.0738. The first kappa shape index (κ1) is 43.5. The van der Waals surface area contributed by atoms with E-state index in [1.807, 2.05) is 36.4 Å². The van der Waals surface area contributed by atoms with E-state index in [2.05, 4.69) is 55.1 Å². The second-order valence-electron chi connectivity index (χ2n) is 15.0. The number of nitrogens with one attached hydrogen (secondary N) is 3. The monoisotopic (exact) mass is 909 g/mol. The summed E-state index contributed by atoms with van der Waals surface area (Å²) in [6.07, 6.45) is 5.52. The zero-order valence-corrected chi connectivity index (χ0v) is 36.2. The Morgan fingerprint density at radius 1 is 1.00 bits per heavy atom. The summed E-state index contributed by atoms with van der Waals surface area (Å²) in [4.78, 5) is 37.9. The standard InChI is InChI=1S/C45H45BrClN7O7/c1-45(25-55,44(57)59-3)51-22-29-17-36(46)43(54-42(29)60-24-27-16-26(18-48)19-49-20-27)61-38-14-12-32-31(6-4-7-33(32)38)34-8-5-9-35(40(34)47)37-13-10-28(41(53-37)58-2)21-50-23-30-11-15-39(56)52-30/h4-10,13,16-17,19-20,30,38,50-51,55H,11-12,14-15,21-25H2,1-3H3,(H,52,56)/t30-,38-,45?/m0/s1. The van der Waals surface area contributed by atoms with Gasteiger partial charge in [0.15, 0.2) is 0 Å². The smallest absolute Gasteiger partial charge is 0.328 e. The van der Waals surface area contributed by atoms with Gasteiger partial charge in [-0.3, -0.25) is 15.1 Å². The van der Waals surface area contributed by atoms with Crippen LogP contribution >= 0.6 is 27.5 Å². The van der Waals surface area contributed by atoms with E-state index in [1.54, 1.807) is 32.4 Å². The average molecular weight is 911 g/mol. The number of carbonyl (C=O) groups is 2. The molecule has 4 heterocycles. The minimum Gasteiger partial charge on any atom is -0.481 e. The summed E-state index contributed by atoms with van der Waals surface area (Å²) in [6, 6.07) is 21.6. The molecule has 1 aliphatic heterocycles. The molecule has 316 valence electrons. The van der Waals surface area contributed by atoms with Gasteiger partial charge in [0.05, 0.1) is 41.6 Å². The summed E-state index contributed by atoms with van der Waals surface area (Å²) >= 11 is 10.9. The van der Waals surface area contributed by atoms with Crippen molar-refractivity contribution in [3.63, 3.8) is 0 Å². The zero-order chi connectivity index (χ0) is 43.1. The maximum atomic E-state index is 12.5. The number of pyridine rings is 3. The van der Waals surface area contributed by atoms with Crippen molar-refractivity contribution in [2.24, 2.45) is 0 Å². The van der Waals surface area contributed by atoms with Crippen molar-refractivity contribution in [1.29, 1.82) is 5.26 Å². The van der Waals surface area contributed by atoms with Gasteiger partial charge < -0.3 is 34.7 Å². The molecule has 1 saturated heterocycles. The number of nitriles is 1. The molecule has 7 rings (SSSR count). The van der Waals surface area contributed by atoms with E-state index in [4.69, 9.17) is 40.5 Å². The Kier molecular flexibility index (Phi) is 13.8. The molecule has 0 bridgehead atoms. The van der Waals surface area contributed by atoms with Crippen LogP contribution in [0.4, 0.5) is 0 Å². The third-order valence-electron chi connectivity index (χ3n) is 10.9. The van der Waals surface area contributed by atoms with E-state index >= 15 is 0 Å². The van der Waals surface area contributed by atoms with Gasteiger partial charge in [0, 0.05) is 72.3 Å². The highest BCUT2D eigenvalue weighted by Gasteiger charge is 2.34. The summed E-state index contributed by atoms with van der Waals surface area (Å²) in [5, 5.41) is 29.4. The van der Waals surface area contributed by atoms with E-state index < -0.39 is 18.1 Å². The number of aliphatic hydroxyl groups is 1. The van der Waals surface area contributed by atoms with Gasteiger partial charge in [0.25, 0.3) is 0 Å². The van der Waals surface area contributed by atoms with Crippen molar-refractivity contribution in [3.8, 4) is 46.1 Å². The second-order valence-corrected chi connectivity index (χ2v) is 16.3. The number of rotatable bonds is 17. The van der Waals surface area contributed by atoms with Crippen LogP contribution in [0.2, 0.25) is 5.02 Å². The number of amides is 1. The normalized spacial score (nSPS) is 16.6. The number of methoxy groups -OCH3 is 2. The van der Waals surface area contributed by atoms with Gasteiger partial charge in [-0.15, -0.1) is 0 Å². The topological polar surface area (TPSA) is 190 Å². The van der Waals surface area contributed by atoms with Crippen molar-refractivity contribution < 1.29 is 33.6 Å². The third-order valence-corrected chi connectivity index (χ3v) is 11.8. The molecule has 2 aliphatic rings. The van der Waals surface area contributed by atoms with Crippen LogP contribution < -0.4 is 30.2 Å². The molecule has 1 fully saturated rings. The van der Waals surface area contributed by atoms with E-state index in [-0.39, 0.29) is 37.1 Å². The molecule has 1 amide bonds. The highest BCUT2D eigenvalue weighted by molar-refractivity contribution is 9.10. The number of nitrogens with zero attached hydrogens (tertiary/aromatic N) is 4. The van der Waals surface area contributed by atoms with Crippen LogP contribution in [-0.4, -0.2) is 70.9 Å². The van der Waals surface area contributed by atoms with Crippen molar-refractivity contribution >= 4 is 39.4 Å². The molecule has 14 nitrogen and oxygen atoms in total. The molecule has 16 heteroatoms. The molecule has 0 radical (unpaired) electrons. The molecule has 2 aromatic carbocycles. The first-order valence-electron chi connectivity index (χ1n) is 19.8. The number of hydrogen-bond donors (Lipinski definition) is 4. The molecular formula is C45H45BrClN7O7. The molecule has 3 atom stereocenters. The molecular weight excluding hydrogens is 866 g/mol. The Hall–Kier alpha value is -5.63. The highest BCUT2D eigenvalue weighted by Crippen LogP contribution is 2.45. The fraction of sp³-hybridized carbons (Fsp3) is 0.333. The van der Waals surface area contributed by atoms with E-state index in [9.17, 15) is 20.0 Å². The summed E-state index contributed by atoms with van der Waals surface area (Å²) < 4.78 is 24.0. The van der Waals surface area contributed by atoms with Crippen LogP contribution in [0.1, 0.15) is 65.7 Å². The fourth-order valence-corrected chi connectivity index (χ4v) is 8.30. The average Bonchev–Trinajstić information content (AvgIpc) is 3.90. The number of halogens is 2. The second kappa shape index (κ2) is 19.4. The lowest BCUT2D eigenvalue weighted by molar-refractivity contribution is -0.149. The number of benzene rings is 2. The minimum atomic E-state index is -1.38. The fourth-order valence-electron chi connectivity index (χ4n) is 7.52. The SMILES string of the molecule is COC(=O)C(C)(CO)NCc1cc(Br)c(O[C@H]2CCc3c(-c4cccc(-c5ccc(CNC[C@@H]6CCC(=O)N6)c(OC)n5)c4Cl)cccc32)nc1OCc1cncc(C#N)c1. The van der Waals surface area contributed by atoms with Crippen LogP contribution in [0.25, 0.3) is 22.4 Å². The number of ether oxygens (including phenoxy) is 4. The third kappa shape index (κ3) is 9.80. The van der Waals surface area contributed by atoms with Crippen molar-refractivity contribution in [1.82, 2.24) is 30.9 Å². The summed E-state index contributed by atoms with van der Waals surface area (Å²) in [5.74, 6) is 0.481. The largest absolute Gasteiger partial charge is 0.481 e. The molecule has 1 unspecified atom stereocenters. The lowest BCUT2D eigenvalue weighted by Gasteiger charge is -2.26. The van der Waals surface area contributed by atoms with E-state index in [0.717, 1.165) is 46.2 Å². The van der Waals surface area contributed by atoms with E-state index in [1.165, 1.54) is 13.3 Å². The van der Waals surface area contributed by atoms with Crippen LogP contribution in [0, 0.1) is 11.3 Å². The maximum absolute atomic E-state index is 12.5. The van der Waals surface area contributed by atoms with Gasteiger partial charge in [-0.2, -0.15) is 10.2 Å². The Labute approximate surface area is 367 Å². The van der Waals surface area contributed by atoms with Gasteiger partial charge >= 0.3 is 5.97 Å². The maximum Gasteiger partial charge on any atom is 0.328 e. The van der Waals surface area contributed by atoms with Crippen LogP contribution in [0.5, 0.6) is 17.6 Å². The van der Waals surface area contributed by atoms with Crippen molar-refractivity contribution in [3.05, 3.63) is 116 Å². The van der Waals surface area contributed by atoms with Gasteiger partial charge in [-0.1, -0.05) is 54.1 Å². The van der Waals surface area contributed by atoms with Crippen LogP contribution in [0.3, 0.4) is 0 Å². The van der Waals surface area contributed by atoms with E-state index in [0.29, 0.717) is 69.6 Å². The molecule has 61 heavy (non-hydrogen) atoms. The number of aromatic nitrogens is 3. The number of hydrogen-bond acceptors (Lipinski definition) is 13. The van der Waals surface area contributed by atoms with Gasteiger partial charge in [0.2, 0.25) is 23.5 Å². The molecule has 0 spiro atoms. The predicted octanol–water partition coefficient (Wildman–Crippen LogP) is 6.53. The highest BCUT2D eigenvalue weighted by atomic mass is 79.9. The Bertz CT molecular complexity index is 2480. The number of esters is 1. The van der Waals surface area contributed by atoms with Crippen LogP contribution in [-0.2, 0) is 40.4 Å². The molecule has 3 aromatic heterocycles. The summed E-state index contributed by atoms with van der Waals surface area (Å²) in [5.41, 5.74) is 6.56. The molecule has 1 aliphatic carbocycles. The van der Waals surface area contributed by atoms with Gasteiger partial charge in [-0.25, -0.2) is 9.78 Å². The van der Waals surface area contributed by atoms with Gasteiger partial charge in [-0.05, 0) is 77.0 Å². The Balaban J connectivity index is 1.12. The van der Waals surface area contributed by atoms with Gasteiger partial charge in [0.1, 0.15) is 24.3 Å². The zero-order valence-electron chi connectivity index (χ0n) is 33.9. The predicted molar refractivity (Wildman–Crippen MR) is 231 cm³/mol. The number of fused-ring (bicyclic) bond motifs is 1.